The van der Waals surface area contributed by atoms with Gasteiger partial charge in [0.1, 0.15) is 23.3 Å². The number of Topliss-reactive ketones (excluding diaryl/α,β-unsaturated/α-hetero) is 2. The molecule has 0 heterocycles. The number of hydrogen-bond donors (Lipinski definition) is 1. The molecule has 0 atom stereocenters. The van der Waals surface area contributed by atoms with Crippen LogP contribution in [0.25, 0.3) is 11.1 Å². The van der Waals surface area contributed by atoms with E-state index in [1.165, 1.54) is 12.1 Å². The number of rotatable bonds is 3. The van der Waals surface area contributed by atoms with E-state index in [2.05, 4.69) is 22.6 Å². The second kappa shape index (κ2) is 7.19. The molecule has 2 aromatic carbocycles. The first kappa shape index (κ1) is 19.2. The largest absolute Gasteiger partial charge is 0.329 e. The molecule has 26 heavy (non-hydrogen) atoms. The van der Waals surface area contributed by atoms with Crippen molar-refractivity contribution in [2.75, 3.05) is 6.54 Å². The first-order valence-corrected chi connectivity index (χ1v) is 9.63. The Bertz CT molecular complexity index is 835. The highest BCUT2D eigenvalue weighted by Gasteiger charge is 2.44. The quantitative estimate of drug-likeness (QED) is 0.419. The van der Waals surface area contributed by atoms with E-state index < -0.39 is 9.34 Å². The summed E-state index contributed by atoms with van der Waals surface area (Å²) in [5.74, 6) is -1.09. The monoisotopic (exact) mass is 465 g/mol. The van der Waals surface area contributed by atoms with Crippen LogP contribution in [0.15, 0.2) is 36.4 Å². The molecule has 3 nitrogen and oxygen atoms in total. The smallest absolute Gasteiger partial charge is 0.149 e. The lowest BCUT2D eigenvalue weighted by Crippen LogP contribution is -2.44. The Labute approximate surface area is 166 Å². The van der Waals surface area contributed by atoms with Crippen LogP contribution in [0.4, 0.5) is 4.39 Å². The second-order valence-corrected chi connectivity index (χ2v) is 9.39. The van der Waals surface area contributed by atoms with Gasteiger partial charge in [-0.15, -0.1) is 0 Å². The molecule has 1 aliphatic rings. The lowest BCUT2D eigenvalue weighted by molar-refractivity contribution is -0.132. The molecule has 1 saturated carbocycles. The van der Waals surface area contributed by atoms with Gasteiger partial charge in [0.2, 0.25) is 0 Å². The minimum Gasteiger partial charge on any atom is -0.329 e. The fourth-order valence-electron chi connectivity index (χ4n) is 3.78. The van der Waals surface area contributed by atoms with Crippen molar-refractivity contribution in [3.8, 4) is 11.1 Å². The summed E-state index contributed by atoms with van der Waals surface area (Å²) < 4.78 is 12.7. The fraction of sp³-hybridized carbons (Fsp3) is 0.333. The van der Waals surface area contributed by atoms with Gasteiger partial charge in [-0.2, -0.15) is 0 Å². The van der Waals surface area contributed by atoms with Crippen molar-refractivity contribution >= 4 is 34.2 Å². The number of benzene rings is 2. The van der Waals surface area contributed by atoms with Gasteiger partial charge in [0.05, 0.1) is 0 Å². The van der Waals surface area contributed by atoms with Crippen molar-refractivity contribution in [1.82, 2.24) is 0 Å². The number of nitrogens with two attached hydrogens (primary N) is 1. The molecule has 0 aromatic heterocycles. The summed E-state index contributed by atoms with van der Waals surface area (Å²) >= 11 is 2.15. The molecule has 3 rings (SSSR count). The molecular formula is C21H21FINO2. The number of carbonyl (C=O) groups excluding carboxylic acids is 2. The van der Waals surface area contributed by atoms with Crippen molar-refractivity contribution in [3.63, 3.8) is 0 Å². The Morgan fingerprint density at radius 1 is 1.04 bits per heavy atom. The molecular weight excluding hydrogens is 444 g/mol. The summed E-state index contributed by atoms with van der Waals surface area (Å²) in [5.41, 5.74) is 10.2. The van der Waals surface area contributed by atoms with Crippen LogP contribution in [-0.4, -0.2) is 21.5 Å². The minimum atomic E-state index is -0.702. The highest BCUT2D eigenvalue weighted by Crippen LogP contribution is 2.40. The molecule has 1 aliphatic carbocycles. The van der Waals surface area contributed by atoms with Gasteiger partial charge in [-0.3, -0.25) is 9.59 Å². The SMILES string of the molecule is Cc1cc(-c2ccc(F)cc2)cc(C)c1C1C(=O)CC(I)(CN)CC1=O. The Morgan fingerprint density at radius 2 is 1.54 bits per heavy atom. The molecule has 0 amide bonds. The maximum atomic E-state index is 13.2. The maximum Gasteiger partial charge on any atom is 0.149 e. The van der Waals surface area contributed by atoms with E-state index in [0.29, 0.717) is 19.4 Å². The van der Waals surface area contributed by atoms with Gasteiger partial charge in [0.25, 0.3) is 0 Å². The minimum absolute atomic E-state index is 0.0539. The predicted molar refractivity (Wildman–Crippen MR) is 109 cm³/mol. The molecule has 2 N–H and O–H groups in total. The number of halogens is 2. The van der Waals surface area contributed by atoms with E-state index in [0.717, 1.165) is 27.8 Å². The molecule has 0 unspecified atom stereocenters. The van der Waals surface area contributed by atoms with Crippen molar-refractivity contribution in [2.24, 2.45) is 5.73 Å². The number of hydrogen-bond acceptors (Lipinski definition) is 3. The van der Waals surface area contributed by atoms with Crippen LogP contribution < -0.4 is 5.73 Å². The summed E-state index contributed by atoms with van der Waals surface area (Å²) in [5, 5.41) is 0. The molecule has 136 valence electrons. The van der Waals surface area contributed by atoms with Crippen molar-refractivity contribution < 1.29 is 14.0 Å². The van der Waals surface area contributed by atoms with Crippen LogP contribution in [0, 0.1) is 19.7 Å². The molecule has 0 radical (unpaired) electrons. The van der Waals surface area contributed by atoms with E-state index in [9.17, 15) is 14.0 Å². The van der Waals surface area contributed by atoms with Crippen molar-refractivity contribution in [1.29, 1.82) is 0 Å². The fourth-order valence-corrected chi connectivity index (χ4v) is 4.53. The highest BCUT2D eigenvalue weighted by atomic mass is 127. The van der Waals surface area contributed by atoms with Crippen LogP contribution >= 0.6 is 22.6 Å². The third kappa shape index (κ3) is 3.60. The maximum absolute atomic E-state index is 13.2. The van der Waals surface area contributed by atoms with E-state index in [1.54, 1.807) is 12.1 Å². The summed E-state index contributed by atoms with van der Waals surface area (Å²) in [6, 6.07) is 10.2. The molecule has 0 saturated heterocycles. The summed E-state index contributed by atoms with van der Waals surface area (Å²) in [6.07, 6.45) is 0.637. The van der Waals surface area contributed by atoms with E-state index in [-0.39, 0.29) is 17.4 Å². The van der Waals surface area contributed by atoms with Crippen LogP contribution in [0.5, 0.6) is 0 Å². The van der Waals surface area contributed by atoms with Gasteiger partial charge in [0, 0.05) is 22.8 Å². The molecule has 0 aliphatic heterocycles. The van der Waals surface area contributed by atoms with Crippen molar-refractivity contribution in [3.05, 3.63) is 58.9 Å². The third-order valence-corrected chi connectivity index (χ3v) is 6.25. The lowest BCUT2D eigenvalue weighted by Gasteiger charge is -2.34. The Balaban J connectivity index is 2.00. The van der Waals surface area contributed by atoms with E-state index in [4.69, 9.17) is 5.73 Å². The molecule has 0 spiro atoms. The topological polar surface area (TPSA) is 60.2 Å². The normalized spacial score (nSPS) is 23.3. The zero-order chi connectivity index (χ0) is 19.1. The first-order valence-electron chi connectivity index (χ1n) is 8.55. The molecule has 2 aromatic rings. The van der Waals surface area contributed by atoms with Gasteiger partial charge in [-0.05, 0) is 53.8 Å². The lowest BCUT2D eigenvalue weighted by atomic mass is 9.74. The van der Waals surface area contributed by atoms with Crippen LogP contribution in [0.2, 0.25) is 0 Å². The molecule has 0 bridgehead atoms. The summed E-state index contributed by atoms with van der Waals surface area (Å²) in [4.78, 5) is 25.5. The second-order valence-electron chi connectivity index (χ2n) is 7.10. The van der Waals surface area contributed by atoms with E-state index >= 15 is 0 Å². The Kier molecular flexibility index (Phi) is 5.30. The number of carbonyl (C=O) groups is 2. The van der Waals surface area contributed by atoms with Gasteiger partial charge in [0.15, 0.2) is 0 Å². The summed E-state index contributed by atoms with van der Waals surface area (Å²) in [6.45, 7) is 4.16. The van der Waals surface area contributed by atoms with Crippen molar-refractivity contribution in [2.45, 2.75) is 36.0 Å². The predicted octanol–water partition coefficient (Wildman–Crippen LogP) is 4.26. The number of aryl methyl sites for hydroxylation is 2. The van der Waals surface area contributed by atoms with Gasteiger partial charge in [-0.1, -0.05) is 46.9 Å². The molecule has 1 fully saturated rings. The average molecular weight is 465 g/mol. The zero-order valence-electron chi connectivity index (χ0n) is 14.8. The van der Waals surface area contributed by atoms with Gasteiger partial charge in [-0.25, -0.2) is 4.39 Å². The summed E-state index contributed by atoms with van der Waals surface area (Å²) in [7, 11) is 0. The van der Waals surface area contributed by atoms with Crippen LogP contribution in [0.1, 0.15) is 35.4 Å². The number of alkyl halides is 1. The van der Waals surface area contributed by atoms with Gasteiger partial charge >= 0.3 is 0 Å². The molecule has 5 heteroatoms. The zero-order valence-corrected chi connectivity index (χ0v) is 17.0. The third-order valence-electron chi connectivity index (χ3n) is 5.05. The van der Waals surface area contributed by atoms with Crippen LogP contribution in [-0.2, 0) is 9.59 Å². The van der Waals surface area contributed by atoms with Gasteiger partial charge < -0.3 is 5.73 Å². The standard InChI is InChI=1S/C21H21FINO2/c1-12-7-15(14-3-5-16(22)6-4-14)8-13(2)19(12)20-17(25)9-21(23,11-24)10-18(20)26/h3-8,20H,9-11,24H2,1-2H3. The highest BCUT2D eigenvalue weighted by molar-refractivity contribution is 14.1. The van der Waals surface area contributed by atoms with E-state index in [1.807, 2.05) is 26.0 Å². The average Bonchev–Trinajstić information content (AvgIpc) is 2.57. The Morgan fingerprint density at radius 3 is 2.00 bits per heavy atom. The Hall–Kier alpha value is -1.60. The first-order chi connectivity index (χ1) is 12.2. The number of ketones is 2. The van der Waals surface area contributed by atoms with Crippen LogP contribution in [0.3, 0.4) is 0 Å².